The van der Waals surface area contributed by atoms with Crippen LogP contribution in [0.5, 0.6) is 0 Å². The maximum atomic E-state index is 11.3. The predicted molar refractivity (Wildman–Crippen MR) is 60.8 cm³/mol. The SMILES string of the molecule is Cc1cc(NCCC(=O)N(C)C)ccn1. The van der Waals surface area contributed by atoms with E-state index in [1.165, 1.54) is 0 Å². The average Bonchev–Trinajstić information content (AvgIpc) is 2.17. The van der Waals surface area contributed by atoms with Crippen molar-refractivity contribution in [1.82, 2.24) is 9.88 Å². The minimum Gasteiger partial charge on any atom is -0.384 e. The molecule has 1 amide bonds. The van der Waals surface area contributed by atoms with Gasteiger partial charge in [0.1, 0.15) is 0 Å². The average molecular weight is 207 g/mol. The first-order valence-corrected chi connectivity index (χ1v) is 4.96. The van der Waals surface area contributed by atoms with Gasteiger partial charge in [0.25, 0.3) is 0 Å². The van der Waals surface area contributed by atoms with Crippen LogP contribution in [0.1, 0.15) is 12.1 Å². The van der Waals surface area contributed by atoms with Crippen molar-refractivity contribution in [1.29, 1.82) is 0 Å². The summed E-state index contributed by atoms with van der Waals surface area (Å²) in [4.78, 5) is 17.0. The molecule has 0 aliphatic heterocycles. The molecule has 4 heteroatoms. The van der Waals surface area contributed by atoms with Gasteiger partial charge >= 0.3 is 0 Å². The first-order valence-electron chi connectivity index (χ1n) is 4.96. The summed E-state index contributed by atoms with van der Waals surface area (Å²) in [7, 11) is 3.53. The molecular weight excluding hydrogens is 190 g/mol. The van der Waals surface area contributed by atoms with Gasteiger partial charge in [-0.15, -0.1) is 0 Å². The lowest BCUT2D eigenvalue weighted by Gasteiger charge is -2.11. The Balaban J connectivity index is 2.35. The fourth-order valence-corrected chi connectivity index (χ4v) is 1.19. The van der Waals surface area contributed by atoms with Crippen molar-refractivity contribution in [2.45, 2.75) is 13.3 Å². The van der Waals surface area contributed by atoms with Crippen LogP contribution in [0.2, 0.25) is 0 Å². The van der Waals surface area contributed by atoms with Gasteiger partial charge in [-0.05, 0) is 19.1 Å². The highest BCUT2D eigenvalue weighted by atomic mass is 16.2. The Morgan fingerprint density at radius 1 is 1.53 bits per heavy atom. The number of anilines is 1. The van der Waals surface area contributed by atoms with E-state index in [-0.39, 0.29) is 5.91 Å². The molecule has 1 N–H and O–H groups in total. The van der Waals surface area contributed by atoms with Crippen molar-refractivity contribution in [2.75, 3.05) is 26.0 Å². The molecule has 82 valence electrons. The second-order valence-electron chi connectivity index (χ2n) is 3.65. The Kier molecular flexibility index (Phi) is 4.09. The van der Waals surface area contributed by atoms with Gasteiger partial charge in [-0.2, -0.15) is 0 Å². The minimum atomic E-state index is 0.133. The molecule has 0 unspecified atom stereocenters. The number of aryl methyl sites for hydroxylation is 1. The summed E-state index contributed by atoms with van der Waals surface area (Å²) >= 11 is 0. The van der Waals surface area contributed by atoms with Crippen LogP contribution in [0.3, 0.4) is 0 Å². The molecule has 1 rings (SSSR count). The van der Waals surface area contributed by atoms with Gasteiger partial charge < -0.3 is 10.2 Å². The van der Waals surface area contributed by atoms with Crippen LogP contribution in [0.15, 0.2) is 18.3 Å². The molecule has 0 aromatic carbocycles. The molecule has 0 radical (unpaired) electrons. The maximum absolute atomic E-state index is 11.3. The van der Waals surface area contributed by atoms with E-state index in [0.717, 1.165) is 11.4 Å². The van der Waals surface area contributed by atoms with Gasteiger partial charge in [0, 0.05) is 44.6 Å². The maximum Gasteiger partial charge on any atom is 0.223 e. The van der Waals surface area contributed by atoms with Crippen molar-refractivity contribution in [3.05, 3.63) is 24.0 Å². The third kappa shape index (κ3) is 3.97. The number of carbonyl (C=O) groups is 1. The Bertz CT molecular complexity index is 336. The van der Waals surface area contributed by atoms with Gasteiger partial charge in [-0.3, -0.25) is 9.78 Å². The normalized spacial score (nSPS) is 9.80. The van der Waals surface area contributed by atoms with Crippen LogP contribution in [0, 0.1) is 6.92 Å². The molecule has 0 bridgehead atoms. The van der Waals surface area contributed by atoms with Gasteiger partial charge in [0.2, 0.25) is 5.91 Å². The van der Waals surface area contributed by atoms with Gasteiger partial charge in [-0.25, -0.2) is 0 Å². The lowest BCUT2D eigenvalue weighted by Crippen LogP contribution is -2.23. The number of nitrogens with one attached hydrogen (secondary N) is 1. The molecule has 1 aromatic rings. The quantitative estimate of drug-likeness (QED) is 0.809. The Morgan fingerprint density at radius 2 is 2.27 bits per heavy atom. The highest BCUT2D eigenvalue weighted by molar-refractivity contribution is 5.76. The third-order valence-electron chi connectivity index (χ3n) is 2.06. The third-order valence-corrected chi connectivity index (χ3v) is 2.06. The first-order chi connectivity index (χ1) is 7.09. The lowest BCUT2D eigenvalue weighted by atomic mass is 10.3. The summed E-state index contributed by atoms with van der Waals surface area (Å²) in [6.45, 7) is 2.59. The lowest BCUT2D eigenvalue weighted by molar-refractivity contribution is -0.128. The molecule has 4 nitrogen and oxygen atoms in total. The molecule has 0 aliphatic carbocycles. The number of aromatic nitrogens is 1. The fraction of sp³-hybridized carbons (Fsp3) is 0.455. The van der Waals surface area contributed by atoms with Crippen molar-refractivity contribution in [3.8, 4) is 0 Å². The summed E-state index contributed by atoms with van der Waals surface area (Å²) in [6, 6.07) is 3.85. The van der Waals surface area contributed by atoms with E-state index in [0.29, 0.717) is 13.0 Å². The van der Waals surface area contributed by atoms with Gasteiger partial charge in [0.05, 0.1) is 0 Å². The van der Waals surface area contributed by atoms with Gasteiger partial charge in [-0.1, -0.05) is 0 Å². The van der Waals surface area contributed by atoms with Crippen molar-refractivity contribution in [2.24, 2.45) is 0 Å². The molecule has 1 aromatic heterocycles. The molecule has 0 fully saturated rings. The van der Waals surface area contributed by atoms with Crippen molar-refractivity contribution < 1.29 is 4.79 Å². The minimum absolute atomic E-state index is 0.133. The predicted octanol–water partition coefficient (Wildman–Crippen LogP) is 1.28. The van der Waals surface area contributed by atoms with E-state index in [9.17, 15) is 4.79 Å². The molecule has 15 heavy (non-hydrogen) atoms. The largest absolute Gasteiger partial charge is 0.384 e. The highest BCUT2D eigenvalue weighted by Crippen LogP contribution is 2.06. The summed E-state index contributed by atoms with van der Waals surface area (Å²) < 4.78 is 0. The number of amides is 1. The monoisotopic (exact) mass is 207 g/mol. The van der Waals surface area contributed by atoms with Crippen LogP contribution in [-0.2, 0) is 4.79 Å². The topological polar surface area (TPSA) is 45.2 Å². The van der Waals surface area contributed by atoms with E-state index < -0.39 is 0 Å². The molecule has 0 atom stereocenters. The molecule has 0 spiro atoms. The van der Waals surface area contributed by atoms with E-state index >= 15 is 0 Å². The number of pyridine rings is 1. The molecule has 0 saturated carbocycles. The summed E-state index contributed by atoms with van der Waals surface area (Å²) in [5.41, 5.74) is 1.98. The van der Waals surface area contributed by atoms with E-state index in [4.69, 9.17) is 0 Å². The van der Waals surface area contributed by atoms with Crippen LogP contribution in [-0.4, -0.2) is 36.4 Å². The van der Waals surface area contributed by atoms with Crippen LogP contribution in [0.4, 0.5) is 5.69 Å². The Hall–Kier alpha value is -1.58. The molecular formula is C11H17N3O. The standard InChI is InChI=1S/C11H17N3O/c1-9-8-10(4-6-12-9)13-7-5-11(15)14(2)3/h4,6,8H,5,7H2,1-3H3,(H,12,13). The summed E-state index contributed by atoms with van der Waals surface area (Å²) in [5, 5.41) is 3.18. The first kappa shape index (κ1) is 11.5. The summed E-state index contributed by atoms with van der Waals surface area (Å²) in [5.74, 6) is 0.133. The number of hydrogen-bond donors (Lipinski definition) is 1. The zero-order valence-electron chi connectivity index (χ0n) is 9.45. The fourth-order valence-electron chi connectivity index (χ4n) is 1.19. The number of nitrogens with zero attached hydrogens (tertiary/aromatic N) is 2. The van der Waals surface area contributed by atoms with Crippen molar-refractivity contribution in [3.63, 3.8) is 0 Å². The number of hydrogen-bond acceptors (Lipinski definition) is 3. The Labute approximate surface area is 90.3 Å². The highest BCUT2D eigenvalue weighted by Gasteiger charge is 2.02. The number of carbonyl (C=O) groups excluding carboxylic acids is 1. The van der Waals surface area contributed by atoms with Crippen molar-refractivity contribution >= 4 is 11.6 Å². The smallest absolute Gasteiger partial charge is 0.223 e. The molecule has 1 heterocycles. The second kappa shape index (κ2) is 5.34. The zero-order valence-corrected chi connectivity index (χ0v) is 9.45. The Morgan fingerprint density at radius 3 is 2.87 bits per heavy atom. The summed E-state index contributed by atoms with van der Waals surface area (Å²) in [6.07, 6.45) is 2.26. The molecule has 0 saturated heterocycles. The molecule has 0 aliphatic rings. The van der Waals surface area contributed by atoms with Crippen LogP contribution in [0.25, 0.3) is 0 Å². The zero-order chi connectivity index (χ0) is 11.3. The van der Waals surface area contributed by atoms with E-state index in [2.05, 4.69) is 10.3 Å². The van der Waals surface area contributed by atoms with Gasteiger partial charge in [0.15, 0.2) is 0 Å². The van der Waals surface area contributed by atoms with E-state index in [1.54, 1.807) is 25.2 Å². The van der Waals surface area contributed by atoms with E-state index in [1.807, 2.05) is 19.1 Å². The van der Waals surface area contributed by atoms with Crippen LogP contribution >= 0.6 is 0 Å². The number of rotatable bonds is 4. The van der Waals surface area contributed by atoms with Crippen LogP contribution < -0.4 is 5.32 Å². The second-order valence-corrected chi connectivity index (χ2v) is 3.65.